The number of rotatable bonds is 3. The number of pyridine rings is 1. The predicted octanol–water partition coefficient (Wildman–Crippen LogP) is 2.85. The van der Waals surface area contributed by atoms with E-state index in [0.29, 0.717) is 40.2 Å². The van der Waals surface area contributed by atoms with Crippen LogP contribution >= 0.6 is 0 Å². The summed E-state index contributed by atoms with van der Waals surface area (Å²) in [5.41, 5.74) is 0.390. The van der Waals surface area contributed by atoms with Crippen LogP contribution in [0.3, 0.4) is 0 Å². The monoisotopic (exact) mass is 352 g/mol. The molecular weight excluding hydrogens is 328 g/mol. The molecule has 3 fully saturated rings. The van der Waals surface area contributed by atoms with Gasteiger partial charge in [-0.1, -0.05) is 43.9 Å². The average Bonchev–Trinajstić information content (AvgIpc) is 3.31. The lowest BCUT2D eigenvalue weighted by atomic mass is 9.61. The Morgan fingerprint density at radius 2 is 1.88 bits per heavy atom. The lowest BCUT2D eigenvalue weighted by molar-refractivity contribution is -0.0784. The van der Waals surface area contributed by atoms with Gasteiger partial charge in [-0.05, 0) is 18.4 Å². The Balaban J connectivity index is 1.43. The molecule has 2 saturated carbocycles. The number of fused-ring (bicyclic) bond motifs is 2. The number of aromatic amines is 1. The Morgan fingerprint density at radius 1 is 1.12 bits per heavy atom. The summed E-state index contributed by atoms with van der Waals surface area (Å²) in [6.45, 7) is 0.812. The summed E-state index contributed by atoms with van der Waals surface area (Å²) in [6, 6.07) is 7.49. The average molecular weight is 352 g/mol. The van der Waals surface area contributed by atoms with Gasteiger partial charge in [0.15, 0.2) is 0 Å². The zero-order valence-electron chi connectivity index (χ0n) is 14.7. The molecule has 0 unspecified atom stereocenters. The Hall–Kier alpha value is -2.14. The highest BCUT2D eigenvalue weighted by molar-refractivity contribution is 6.06. The molecular formula is C21H24N2O3. The number of ether oxygens (including phenoxy) is 1. The van der Waals surface area contributed by atoms with Gasteiger partial charge in [-0.2, -0.15) is 0 Å². The highest BCUT2D eigenvalue weighted by atomic mass is 16.5. The summed E-state index contributed by atoms with van der Waals surface area (Å²) in [6.07, 6.45) is 8.01. The normalized spacial score (nSPS) is 30.9. The van der Waals surface area contributed by atoms with Crippen LogP contribution in [-0.2, 0) is 4.74 Å². The van der Waals surface area contributed by atoms with Crippen LogP contribution in [0.1, 0.15) is 42.5 Å². The molecule has 2 aliphatic carbocycles. The Morgan fingerprint density at radius 3 is 2.69 bits per heavy atom. The third-order valence-corrected chi connectivity index (χ3v) is 6.73. The molecule has 2 aromatic rings. The maximum absolute atomic E-state index is 13.0. The first kappa shape index (κ1) is 16.1. The van der Waals surface area contributed by atoms with E-state index in [1.807, 2.05) is 18.2 Å². The molecule has 1 aromatic heterocycles. The van der Waals surface area contributed by atoms with Crippen LogP contribution in [0.2, 0.25) is 0 Å². The fourth-order valence-corrected chi connectivity index (χ4v) is 5.49. The van der Waals surface area contributed by atoms with E-state index >= 15 is 0 Å². The lowest BCUT2D eigenvalue weighted by Gasteiger charge is -2.50. The van der Waals surface area contributed by atoms with Crippen molar-refractivity contribution in [3.8, 4) is 0 Å². The molecule has 3 aliphatic rings. The molecule has 5 rings (SSSR count). The van der Waals surface area contributed by atoms with Crippen LogP contribution in [0, 0.1) is 17.8 Å². The fourth-order valence-electron chi connectivity index (χ4n) is 5.49. The van der Waals surface area contributed by atoms with Crippen molar-refractivity contribution in [3.05, 3.63) is 46.4 Å². The van der Waals surface area contributed by atoms with Crippen molar-refractivity contribution < 1.29 is 9.53 Å². The molecule has 0 radical (unpaired) electrons. The first-order valence-corrected chi connectivity index (χ1v) is 9.77. The van der Waals surface area contributed by atoms with Gasteiger partial charge < -0.3 is 15.0 Å². The van der Waals surface area contributed by atoms with Crippen molar-refractivity contribution in [2.75, 3.05) is 6.61 Å². The minimum absolute atomic E-state index is 0.0872. The summed E-state index contributed by atoms with van der Waals surface area (Å²) in [5, 5.41) is 4.57. The summed E-state index contributed by atoms with van der Waals surface area (Å²) in [7, 11) is 0. The molecule has 2 heterocycles. The van der Waals surface area contributed by atoms with Crippen molar-refractivity contribution in [3.63, 3.8) is 0 Å². The SMILES string of the molecule is O=C(N[C@@H]1[C@@H]2CCO[C@@H]2[C@@H]1C1CCCC1)c1c[nH]c(=O)c2ccccc12. The van der Waals surface area contributed by atoms with Gasteiger partial charge >= 0.3 is 0 Å². The number of H-pyrrole nitrogens is 1. The number of carbonyl (C=O) groups excluding carboxylic acids is 1. The molecule has 1 aromatic carbocycles. The maximum Gasteiger partial charge on any atom is 0.255 e. The zero-order chi connectivity index (χ0) is 17.7. The van der Waals surface area contributed by atoms with E-state index in [1.165, 1.54) is 25.7 Å². The third-order valence-electron chi connectivity index (χ3n) is 6.73. The number of benzene rings is 1. The second kappa shape index (κ2) is 6.23. The number of amides is 1. The Bertz CT molecular complexity index is 895. The van der Waals surface area contributed by atoms with Gasteiger partial charge in [0.2, 0.25) is 0 Å². The van der Waals surface area contributed by atoms with E-state index in [-0.39, 0.29) is 17.5 Å². The van der Waals surface area contributed by atoms with E-state index in [9.17, 15) is 9.59 Å². The summed E-state index contributed by atoms with van der Waals surface area (Å²) >= 11 is 0. The molecule has 1 amide bonds. The van der Waals surface area contributed by atoms with Crippen molar-refractivity contribution in [1.29, 1.82) is 0 Å². The number of hydrogen-bond acceptors (Lipinski definition) is 3. The van der Waals surface area contributed by atoms with Gasteiger partial charge in [-0.25, -0.2) is 0 Å². The number of carbonyl (C=O) groups is 1. The first-order valence-electron chi connectivity index (χ1n) is 9.77. The highest BCUT2D eigenvalue weighted by Gasteiger charge is 2.57. The number of aromatic nitrogens is 1. The van der Waals surface area contributed by atoms with Gasteiger partial charge in [0.05, 0.1) is 11.7 Å². The fraction of sp³-hybridized carbons (Fsp3) is 0.524. The molecule has 26 heavy (non-hydrogen) atoms. The van der Waals surface area contributed by atoms with Crippen molar-refractivity contribution in [2.45, 2.75) is 44.2 Å². The smallest absolute Gasteiger partial charge is 0.255 e. The Kier molecular flexibility index (Phi) is 3.85. The van der Waals surface area contributed by atoms with Crippen molar-refractivity contribution >= 4 is 16.7 Å². The van der Waals surface area contributed by atoms with Crippen LogP contribution in [0.25, 0.3) is 10.8 Å². The van der Waals surface area contributed by atoms with Crippen LogP contribution < -0.4 is 10.9 Å². The summed E-state index contributed by atoms with van der Waals surface area (Å²) in [4.78, 5) is 27.8. The van der Waals surface area contributed by atoms with E-state index < -0.39 is 0 Å². The molecule has 4 atom stereocenters. The van der Waals surface area contributed by atoms with E-state index in [1.54, 1.807) is 12.3 Å². The van der Waals surface area contributed by atoms with Gasteiger partial charge in [-0.15, -0.1) is 0 Å². The summed E-state index contributed by atoms with van der Waals surface area (Å²) < 4.78 is 5.98. The van der Waals surface area contributed by atoms with E-state index in [2.05, 4.69) is 10.3 Å². The number of hydrogen-bond donors (Lipinski definition) is 2. The van der Waals surface area contributed by atoms with Crippen LogP contribution in [0.15, 0.2) is 35.3 Å². The third kappa shape index (κ3) is 2.41. The minimum Gasteiger partial charge on any atom is -0.377 e. The van der Waals surface area contributed by atoms with Gasteiger partial charge in [0.25, 0.3) is 11.5 Å². The highest BCUT2D eigenvalue weighted by Crippen LogP contribution is 2.51. The molecule has 0 spiro atoms. The first-order chi connectivity index (χ1) is 12.7. The molecule has 1 saturated heterocycles. The second-order valence-corrected chi connectivity index (χ2v) is 7.99. The molecule has 5 heteroatoms. The van der Waals surface area contributed by atoms with E-state index in [4.69, 9.17) is 4.74 Å². The lowest BCUT2D eigenvalue weighted by Crippen LogP contribution is -2.63. The van der Waals surface area contributed by atoms with Gasteiger partial charge in [0, 0.05) is 41.5 Å². The molecule has 5 nitrogen and oxygen atoms in total. The van der Waals surface area contributed by atoms with Crippen molar-refractivity contribution in [2.24, 2.45) is 17.8 Å². The van der Waals surface area contributed by atoms with E-state index in [0.717, 1.165) is 13.0 Å². The van der Waals surface area contributed by atoms with Crippen molar-refractivity contribution in [1.82, 2.24) is 10.3 Å². The van der Waals surface area contributed by atoms with Gasteiger partial charge in [-0.3, -0.25) is 9.59 Å². The molecule has 0 bridgehead atoms. The Labute approximate surface area is 152 Å². The predicted molar refractivity (Wildman–Crippen MR) is 99.1 cm³/mol. The topological polar surface area (TPSA) is 71.2 Å². The molecule has 136 valence electrons. The molecule has 1 aliphatic heterocycles. The van der Waals surface area contributed by atoms with Crippen LogP contribution in [0.4, 0.5) is 0 Å². The number of nitrogens with one attached hydrogen (secondary N) is 2. The van der Waals surface area contributed by atoms with Crippen LogP contribution in [-0.4, -0.2) is 29.6 Å². The zero-order valence-corrected chi connectivity index (χ0v) is 14.7. The summed E-state index contributed by atoms with van der Waals surface area (Å²) in [5.74, 6) is 1.48. The molecule has 2 N–H and O–H groups in total. The largest absolute Gasteiger partial charge is 0.377 e. The maximum atomic E-state index is 13.0. The quantitative estimate of drug-likeness (QED) is 0.892. The van der Waals surface area contributed by atoms with Gasteiger partial charge in [0.1, 0.15) is 0 Å². The second-order valence-electron chi connectivity index (χ2n) is 7.99. The minimum atomic E-state index is -0.158. The van der Waals surface area contributed by atoms with Crippen LogP contribution in [0.5, 0.6) is 0 Å². The standard InChI is InChI=1S/C21H24N2O3/c24-20-14-8-4-3-7-13(14)16(11-22-20)21(25)23-18-15-9-10-26-19(15)17(18)12-5-1-2-6-12/h3-4,7-8,11-12,15,17-19H,1-2,5-6,9-10H2,(H,22,24)(H,23,25)/t15-,17+,18+,19-/m0/s1.